The summed E-state index contributed by atoms with van der Waals surface area (Å²) in [4.78, 5) is 3.07. The molecule has 1 aliphatic heterocycles. The number of thiocarbonyl (C=S) groups is 1. The molecular weight excluding hydrogens is 278 g/mol. The van der Waals surface area contributed by atoms with E-state index in [0.29, 0.717) is 4.99 Å². The predicted octanol–water partition coefficient (Wildman–Crippen LogP) is 3.31. The molecule has 1 heterocycles. The van der Waals surface area contributed by atoms with Crippen LogP contribution in [0, 0.1) is 6.92 Å². The van der Waals surface area contributed by atoms with Crippen LogP contribution < -0.4 is 11.1 Å². The molecule has 3 nitrogen and oxygen atoms in total. The summed E-state index contributed by atoms with van der Waals surface area (Å²) in [6.07, 6.45) is 5.23. The van der Waals surface area contributed by atoms with Gasteiger partial charge in [0.1, 0.15) is 4.99 Å². The van der Waals surface area contributed by atoms with Crippen molar-refractivity contribution in [1.29, 1.82) is 0 Å². The summed E-state index contributed by atoms with van der Waals surface area (Å²) in [7, 11) is 0. The van der Waals surface area contributed by atoms with Crippen LogP contribution in [0.15, 0.2) is 18.2 Å². The molecule has 1 aliphatic rings. The molecule has 0 aromatic heterocycles. The van der Waals surface area contributed by atoms with Gasteiger partial charge in [0, 0.05) is 30.4 Å². The second kappa shape index (κ2) is 7.76. The Morgan fingerprint density at radius 2 is 2.24 bits per heavy atom. The molecule has 0 radical (unpaired) electrons. The van der Waals surface area contributed by atoms with E-state index in [4.69, 9.17) is 18.0 Å². The number of hydrogen-bond acceptors (Lipinski definition) is 3. The molecule has 1 unspecified atom stereocenters. The van der Waals surface area contributed by atoms with Crippen LogP contribution in [0.1, 0.15) is 43.7 Å². The van der Waals surface area contributed by atoms with Gasteiger partial charge in [-0.05, 0) is 57.4 Å². The lowest BCUT2D eigenvalue weighted by atomic mass is 10.0. The van der Waals surface area contributed by atoms with Gasteiger partial charge in [-0.15, -0.1) is 0 Å². The van der Waals surface area contributed by atoms with Crippen molar-refractivity contribution >= 4 is 22.9 Å². The quantitative estimate of drug-likeness (QED) is 0.625. The van der Waals surface area contributed by atoms with Gasteiger partial charge >= 0.3 is 0 Å². The number of rotatable bonds is 6. The molecule has 2 rings (SSSR count). The van der Waals surface area contributed by atoms with Gasteiger partial charge in [-0.2, -0.15) is 0 Å². The van der Waals surface area contributed by atoms with E-state index in [1.165, 1.54) is 37.9 Å². The van der Waals surface area contributed by atoms with Gasteiger partial charge in [0.15, 0.2) is 0 Å². The van der Waals surface area contributed by atoms with Crippen LogP contribution >= 0.6 is 12.2 Å². The Bertz CT molecular complexity index is 487. The number of hydrogen-bond donors (Lipinski definition) is 2. The third kappa shape index (κ3) is 4.68. The minimum atomic E-state index is 0.460. The smallest absolute Gasteiger partial charge is 0.106 e. The molecule has 21 heavy (non-hydrogen) atoms. The van der Waals surface area contributed by atoms with Crippen LogP contribution in [-0.2, 0) is 0 Å². The maximum Gasteiger partial charge on any atom is 0.106 e. The average Bonchev–Trinajstić information content (AvgIpc) is 2.45. The molecule has 0 saturated carbocycles. The summed E-state index contributed by atoms with van der Waals surface area (Å²) in [5.74, 6) is 0. The monoisotopic (exact) mass is 305 g/mol. The maximum absolute atomic E-state index is 5.79. The zero-order valence-electron chi connectivity index (χ0n) is 13.2. The van der Waals surface area contributed by atoms with E-state index in [2.05, 4.69) is 36.2 Å². The number of nitrogens with two attached hydrogens (primary N) is 1. The number of piperidine rings is 1. The van der Waals surface area contributed by atoms with Crippen LogP contribution in [0.4, 0.5) is 5.69 Å². The van der Waals surface area contributed by atoms with Crippen molar-refractivity contribution in [1.82, 2.24) is 4.90 Å². The zero-order valence-corrected chi connectivity index (χ0v) is 14.0. The van der Waals surface area contributed by atoms with Crippen LogP contribution in [0.5, 0.6) is 0 Å². The van der Waals surface area contributed by atoms with Crippen LogP contribution in [-0.4, -0.2) is 35.6 Å². The Balaban J connectivity index is 1.83. The van der Waals surface area contributed by atoms with Gasteiger partial charge in [-0.3, -0.25) is 0 Å². The Morgan fingerprint density at radius 3 is 2.95 bits per heavy atom. The molecule has 0 bridgehead atoms. The van der Waals surface area contributed by atoms with Crippen molar-refractivity contribution in [3.05, 3.63) is 29.3 Å². The zero-order chi connectivity index (χ0) is 15.2. The highest BCUT2D eigenvalue weighted by Crippen LogP contribution is 2.19. The first-order valence-electron chi connectivity index (χ1n) is 7.96. The topological polar surface area (TPSA) is 41.3 Å². The first-order chi connectivity index (χ1) is 10.1. The number of likely N-dealkylation sites (tertiary alicyclic amines) is 1. The standard InChI is InChI=1S/C17H27N3S/c1-13-7-8-15(17(18)21)16(12-13)19-9-5-11-20-10-4-3-6-14(20)2/h7-8,12,14,19H,3-6,9-11H2,1-2H3,(H2,18,21). The van der Waals surface area contributed by atoms with Crippen molar-refractivity contribution in [2.75, 3.05) is 25.0 Å². The van der Waals surface area contributed by atoms with E-state index in [1.54, 1.807) is 0 Å². The lowest BCUT2D eigenvalue weighted by Gasteiger charge is -2.33. The van der Waals surface area contributed by atoms with Crippen LogP contribution in [0.2, 0.25) is 0 Å². The Labute approximate surface area is 133 Å². The van der Waals surface area contributed by atoms with Crippen molar-refractivity contribution in [3.8, 4) is 0 Å². The van der Waals surface area contributed by atoms with Crippen LogP contribution in [0.3, 0.4) is 0 Å². The fourth-order valence-electron chi connectivity index (χ4n) is 3.01. The number of aryl methyl sites for hydroxylation is 1. The molecule has 0 amide bonds. The summed E-state index contributed by atoms with van der Waals surface area (Å²) in [5.41, 5.74) is 9.02. The summed E-state index contributed by atoms with van der Waals surface area (Å²) >= 11 is 5.12. The van der Waals surface area contributed by atoms with Crippen molar-refractivity contribution in [2.24, 2.45) is 5.73 Å². The first kappa shape index (κ1) is 16.2. The predicted molar refractivity (Wildman–Crippen MR) is 95.1 cm³/mol. The fourth-order valence-corrected chi connectivity index (χ4v) is 3.19. The summed E-state index contributed by atoms with van der Waals surface area (Å²) < 4.78 is 0. The van der Waals surface area contributed by atoms with E-state index in [9.17, 15) is 0 Å². The Morgan fingerprint density at radius 1 is 1.43 bits per heavy atom. The second-order valence-corrected chi connectivity index (χ2v) is 6.51. The minimum Gasteiger partial charge on any atom is -0.389 e. The third-order valence-electron chi connectivity index (χ3n) is 4.32. The maximum atomic E-state index is 5.79. The van der Waals surface area contributed by atoms with E-state index in [0.717, 1.165) is 30.3 Å². The SMILES string of the molecule is Cc1ccc(C(N)=S)c(NCCCN2CCCCC2C)c1. The number of anilines is 1. The van der Waals surface area contributed by atoms with Gasteiger partial charge in [-0.25, -0.2) is 0 Å². The lowest BCUT2D eigenvalue weighted by Crippen LogP contribution is -2.38. The Kier molecular flexibility index (Phi) is 6.00. The fraction of sp³-hybridized carbons (Fsp3) is 0.588. The van der Waals surface area contributed by atoms with Crippen molar-refractivity contribution < 1.29 is 0 Å². The van der Waals surface area contributed by atoms with Gasteiger partial charge in [0.05, 0.1) is 0 Å². The molecule has 116 valence electrons. The highest BCUT2D eigenvalue weighted by atomic mass is 32.1. The molecule has 1 aromatic carbocycles. The first-order valence-corrected chi connectivity index (χ1v) is 8.37. The molecule has 3 N–H and O–H groups in total. The van der Waals surface area contributed by atoms with Gasteiger partial charge in [0.25, 0.3) is 0 Å². The van der Waals surface area contributed by atoms with E-state index in [1.807, 2.05) is 6.07 Å². The van der Waals surface area contributed by atoms with Crippen molar-refractivity contribution in [3.63, 3.8) is 0 Å². The lowest BCUT2D eigenvalue weighted by molar-refractivity contribution is 0.160. The van der Waals surface area contributed by atoms with Gasteiger partial charge in [0.2, 0.25) is 0 Å². The largest absolute Gasteiger partial charge is 0.389 e. The minimum absolute atomic E-state index is 0.460. The third-order valence-corrected chi connectivity index (χ3v) is 4.54. The van der Waals surface area contributed by atoms with Gasteiger partial charge in [-0.1, -0.05) is 24.7 Å². The highest BCUT2D eigenvalue weighted by molar-refractivity contribution is 7.80. The van der Waals surface area contributed by atoms with Gasteiger partial charge < -0.3 is 16.0 Å². The van der Waals surface area contributed by atoms with Crippen molar-refractivity contribution in [2.45, 2.75) is 45.6 Å². The van der Waals surface area contributed by atoms with E-state index >= 15 is 0 Å². The number of nitrogens with one attached hydrogen (secondary N) is 1. The average molecular weight is 305 g/mol. The summed E-state index contributed by atoms with van der Waals surface area (Å²) in [6.45, 7) is 7.82. The van der Waals surface area contributed by atoms with Crippen LogP contribution in [0.25, 0.3) is 0 Å². The molecule has 0 spiro atoms. The molecule has 1 atom stereocenters. The molecule has 1 aromatic rings. The molecule has 1 saturated heterocycles. The highest BCUT2D eigenvalue weighted by Gasteiger charge is 2.17. The van der Waals surface area contributed by atoms with E-state index < -0.39 is 0 Å². The molecule has 4 heteroatoms. The number of nitrogens with zero attached hydrogens (tertiary/aromatic N) is 1. The number of benzene rings is 1. The normalized spacial score (nSPS) is 19.4. The molecule has 0 aliphatic carbocycles. The molecular formula is C17H27N3S. The summed E-state index contributed by atoms with van der Waals surface area (Å²) in [5, 5.41) is 3.50. The summed E-state index contributed by atoms with van der Waals surface area (Å²) in [6, 6.07) is 6.92. The Hall–Kier alpha value is -1.13. The van der Waals surface area contributed by atoms with E-state index in [-0.39, 0.29) is 0 Å². The second-order valence-electron chi connectivity index (χ2n) is 6.07. The molecule has 1 fully saturated rings.